The highest BCUT2D eigenvalue weighted by molar-refractivity contribution is 5.98. The number of halogens is 3. The molecule has 0 aliphatic carbocycles. The van der Waals surface area contributed by atoms with Gasteiger partial charge in [-0.15, -0.1) is 0 Å². The van der Waals surface area contributed by atoms with Crippen LogP contribution < -0.4 is 15.5 Å². The lowest BCUT2D eigenvalue weighted by Gasteiger charge is -2.20. The first-order valence-electron chi connectivity index (χ1n) is 10.7. The quantitative estimate of drug-likeness (QED) is 0.543. The molecule has 2 N–H and O–H groups in total. The van der Waals surface area contributed by atoms with E-state index in [1.807, 2.05) is 30.3 Å². The first-order chi connectivity index (χ1) is 15.9. The van der Waals surface area contributed by atoms with E-state index in [4.69, 9.17) is 0 Å². The first kappa shape index (κ1) is 22.6. The van der Waals surface area contributed by atoms with Crippen molar-refractivity contribution in [1.82, 2.24) is 15.3 Å². The molecule has 4 rings (SSSR count). The molecule has 3 aromatic rings. The molecule has 6 nitrogen and oxygen atoms in total. The summed E-state index contributed by atoms with van der Waals surface area (Å²) in [6.45, 7) is 2.26. The van der Waals surface area contributed by atoms with Gasteiger partial charge >= 0.3 is 6.18 Å². The summed E-state index contributed by atoms with van der Waals surface area (Å²) in [6, 6.07) is 14.6. The Morgan fingerprint density at radius 3 is 2.27 bits per heavy atom. The van der Waals surface area contributed by atoms with Gasteiger partial charge in [-0.25, -0.2) is 4.98 Å². The Balaban J connectivity index is 1.46. The first-order valence-corrected chi connectivity index (χ1v) is 10.7. The van der Waals surface area contributed by atoms with Gasteiger partial charge < -0.3 is 15.5 Å². The van der Waals surface area contributed by atoms with E-state index in [9.17, 15) is 18.0 Å². The number of anilines is 2. The lowest BCUT2D eigenvalue weighted by molar-refractivity contribution is -0.137. The highest BCUT2D eigenvalue weighted by Crippen LogP contribution is 2.29. The van der Waals surface area contributed by atoms with Crippen molar-refractivity contribution in [2.45, 2.75) is 32.1 Å². The molecule has 2 heterocycles. The summed E-state index contributed by atoms with van der Waals surface area (Å²) in [7, 11) is 0. The monoisotopic (exact) mass is 455 g/mol. The molecule has 1 aliphatic heterocycles. The van der Waals surface area contributed by atoms with Crippen molar-refractivity contribution < 1.29 is 18.0 Å². The summed E-state index contributed by atoms with van der Waals surface area (Å²) in [4.78, 5) is 23.9. The van der Waals surface area contributed by atoms with Gasteiger partial charge in [0.1, 0.15) is 11.4 Å². The Hall–Kier alpha value is -3.62. The van der Waals surface area contributed by atoms with Crippen LogP contribution in [0.2, 0.25) is 0 Å². The summed E-state index contributed by atoms with van der Waals surface area (Å²) >= 11 is 0. The van der Waals surface area contributed by atoms with Gasteiger partial charge in [-0.05, 0) is 36.1 Å². The van der Waals surface area contributed by atoms with Crippen LogP contribution in [0.3, 0.4) is 0 Å². The van der Waals surface area contributed by atoms with Crippen LogP contribution in [0.25, 0.3) is 0 Å². The van der Waals surface area contributed by atoms with Crippen LogP contribution >= 0.6 is 0 Å². The van der Waals surface area contributed by atoms with Crippen LogP contribution in [0, 0.1) is 0 Å². The summed E-state index contributed by atoms with van der Waals surface area (Å²) in [5, 5.41) is 5.96. The number of nitrogens with zero attached hydrogens (tertiary/aromatic N) is 3. The van der Waals surface area contributed by atoms with Crippen molar-refractivity contribution in [3.05, 3.63) is 83.0 Å². The molecule has 0 radical (unpaired) electrons. The fraction of sp³-hybridized carbons (Fsp3) is 0.292. The van der Waals surface area contributed by atoms with Gasteiger partial charge in [0.15, 0.2) is 0 Å². The molecule has 33 heavy (non-hydrogen) atoms. The Morgan fingerprint density at radius 2 is 1.61 bits per heavy atom. The lowest BCUT2D eigenvalue weighted by atomic mass is 10.1. The van der Waals surface area contributed by atoms with E-state index in [0.29, 0.717) is 29.4 Å². The zero-order chi connectivity index (χ0) is 23.3. The molecule has 172 valence electrons. The van der Waals surface area contributed by atoms with Crippen LogP contribution in [0.1, 0.15) is 39.9 Å². The van der Waals surface area contributed by atoms with Crippen LogP contribution in [0.5, 0.6) is 0 Å². The van der Waals surface area contributed by atoms with Crippen LogP contribution in [0.4, 0.5) is 24.9 Å². The van der Waals surface area contributed by atoms with Gasteiger partial charge in [0, 0.05) is 32.4 Å². The average molecular weight is 455 g/mol. The zero-order valence-electron chi connectivity index (χ0n) is 17.9. The molecule has 0 bridgehead atoms. The number of hydrogen-bond acceptors (Lipinski definition) is 5. The summed E-state index contributed by atoms with van der Waals surface area (Å²) < 4.78 is 38.2. The van der Waals surface area contributed by atoms with Gasteiger partial charge in [-0.3, -0.25) is 4.79 Å². The smallest absolute Gasteiger partial charge is 0.356 e. The topological polar surface area (TPSA) is 70.1 Å². The van der Waals surface area contributed by atoms with Gasteiger partial charge in [-0.1, -0.05) is 42.5 Å². The molecule has 0 saturated carbocycles. The van der Waals surface area contributed by atoms with E-state index >= 15 is 0 Å². The number of carbonyl (C=O) groups excluding carboxylic acids is 1. The molecule has 0 atom stereocenters. The molecular weight excluding hydrogens is 431 g/mol. The molecule has 1 saturated heterocycles. The number of amides is 1. The van der Waals surface area contributed by atoms with Gasteiger partial charge in [0.05, 0.1) is 5.56 Å². The number of benzene rings is 2. The Labute approximate surface area is 189 Å². The highest BCUT2D eigenvalue weighted by atomic mass is 19.4. The van der Waals surface area contributed by atoms with Crippen LogP contribution in [-0.2, 0) is 19.3 Å². The molecule has 1 aromatic heterocycles. The number of carbonyl (C=O) groups is 1. The maximum atomic E-state index is 12.9. The minimum atomic E-state index is -4.39. The minimum Gasteiger partial charge on any atom is -0.356 e. The SMILES string of the molecule is O=C(NCc1ccc(C(F)(F)F)cc1)c1cnc(NCc2ccccc2)nc1N1CCCC1. The van der Waals surface area contributed by atoms with Crippen molar-refractivity contribution in [2.75, 3.05) is 23.3 Å². The van der Waals surface area contributed by atoms with Gasteiger partial charge in [-0.2, -0.15) is 18.2 Å². The van der Waals surface area contributed by atoms with E-state index in [-0.39, 0.29) is 12.5 Å². The third kappa shape index (κ3) is 5.79. The number of hydrogen-bond donors (Lipinski definition) is 2. The normalized spacial score (nSPS) is 13.7. The predicted octanol–water partition coefficient (Wildman–Crippen LogP) is 4.64. The Morgan fingerprint density at radius 1 is 0.939 bits per heavy atom. The molecule has 0 unspecified atom stereocenters. The third-order valence-electron chi connectivity index (χ3n) is 5.45. The molecule has 0 spiro atoms. The molecular formula is C24H24F3N5O. The van der Waals surface area contributed by atoms with E-state index in [1.54, 1.807) is 0 Å². The predicted molar refractivity (Wildman–Crippen MR) is 120 cm³/mol. The zero-order valence-corrected chi connectivity index (χ0v) is 17.9. The second kappa shape index (κ2) is 9.89. The Kier molecular flexibility index (Phi) is 6.76. The lowest BCUT2D eigenvalue weighted by Crippen LogP contribution is -2.28. The van der Waals surface area contributed by atoms with Crippen molar-refractivity contribution >= 4 is 17.7 Å². The van der Waals surface area contributed by atoms with Crippen molar-refractivity contribution in [3.8, 4) is 0 Å². The highest BCUT2D eigenvalue weighted by Gasteiger charge is 2.30. The Bertz CT molecular complexity index is 1080. The van der Waals surface area contributed by atoms with Crippen molar-refractivity contribution in [3.63, 3.8) is 0 Å². The van der Waals surface area contributed by atoms with Crippen LogP contribution in [0.15, 0.2) is 60.8 Å². The van der Waals surface area contributed by atoms with E-state index < -0.39 is 11.7 Å². The second-order valence-corrected chi connectivity index (χ2v) is 7.84. The number of rotatable bonds is 7. The fourth-order valence-electron chi connectivity index (χ4n) is 3.65. The molecule has 2 aromatic carbocycles. The summed E-state index contributed by atoms with van der Waals surface area (Å²) in [5.41, 5.74) is 1.28. The second-order valence-electron chi connectivity index (χ2n) is 7.84. The molecule has 9 heteroatoms. The molecule has 1 amide bonds. The van der Waals surface area contributed by atoms with Crippen LogP contribution in [-0.4, -0.2) is 29.0 Å². The molecule has 1 aliphatic rings. The number of nitrogens with one attached hydrogen (secondary N) is 2. The number of alkyl halides is 3. The minimum absolute atomic E-state index is 0.102. The van der Waals surface area contributed by atoms with E-state index in [2.05, 4.69) is 25.5 Å². The van der Waals surface area contributed by atoms with Gasteiger partial charge in [0.2, 0.25) is 5.95 Å². The van der Waals surface area contributed by atoms with Crippen molar-refractivity contribution in [1.29, 1.82) is 0 Å². The molecule has 1 fully saturated rings. The van der Waals surface area contributed by atoms with E-state index in [1.165, 1.54) is 18.3 Å². The maximum absolute atomic E-state index is 12.9. The number of aromatic nitrogens is 2. The standard InChI is InChI=1S/C24H24F3N5O/c25-24(26,27)19-10-8-18(9-11-19)14-28-22(33)20-16-30-23(29-15-17-6-2-1-3-7-17)31-21(20)32-12-4-5-13-32/h1-3,6-11,16H,4-5,12-15H2,(H,28,33)(H,29,30,31). The fourth-order valence-corrected chi connectivity index (χ4v) is 3.65. The largest absolute Gasteiger partial charge is 0.416 e. The van der Waals surface area contributed by atoms with E-state index in [0.717, 1.165) is 43.6 Å². The average Bonchev–Trinajstić information content (AvgIpc) is 3.36. The summed E-state index contributed by atoms with van der Waals surface area (Å²) in [5.74, 6) is 0.620. The maximum Gasteiger partial charge on any atom is 0.416 e. The van der Waals surface area contributed by atoms with Gasteiger partial charge in [0.25, 0.3) is 5.91 Å². The van der Waals surface area contributed by atoms with Crippen molar-refractivity contribution in [2.24, 2.45) is 0 Å². The summed E-state index contributed by atoms with van der Waals surface area (Å²) in [6.07, 6.45) is -0.858. The third-order valence-corrected chi connectivity index (χ3v) is 5.45.